The van der Waals surface area contributed by atoms with Crippen LogP contribution in [0.5, 0.6) is 0 Å². The number of amides is 1. The molecular formula is C38H42F3N5O2. The standard InChI is InChI=1S/C38H42F3N5O2/c1-27-23-31(30-11-19-45(48)20-12-30)24-28(2)35(27)36(47)43-21-15-37(3,16-22-43)44-17-13-32(14-18-44)46(26-29-7-5-4-6-8-29)33-9-10-34(42-25-33)38(39,40)41/h4-12,19-20,23-25,32H,13-18,21-22,26H2,1-3H3. The number of rotatable bonds is 7. The van der Waals surface area contributed by atoms with Gasteiger partial charge in [-0.05, 0) is 86.4 Å². The fraction of sp³-hybridized carbons (Fsp3) is 0.395. The first-order chi connectivity index (χ1) is 22.9. The molecule has 0 spiro atoms. The smallest absolute Gasteiger partial charge is 0.433 e. The number of alkyl halides is 3. The molecule has 2 aliphatic rings. The lowest BCUT2D eigenvalue weighted by molar-refractivity contribution is -0.605. The van der Waals surface area contributed by atoms with Crippen molar-refractivity contribution in [1.29, 1.82) is 0 Å². The maximum atomic E-state index is 13.8. The molecule has 2 aliphatic heterocycles. The van der Waals surface area contributed by atoms with Crippen LogP contribution >= 0.6 is 0 Å². The molecule has 0 aliphatic carbocycles. The molecule has 0 atom stereocenters. The van der Waals surface area contributed by atoms with E-state index in [0.29, 0.717) is 25.3 Å². The number of piperidine rings is 2. The molecule has 2 saturated heterocycles. The van der Waals surface area contributed by atoms with Gasteiger partial charge < -0.3 is 15.0 Å². The van der Waals surface area contributed by atoms with Crippen molar-refractivity contribution in [2.45, 2.75) is 70.8 Å². The van der Waals surface area contributed by atoms with Crippen LogP contribution in [0.4, 0.5) is 18.9 Å². The molecule has 2 fully saturated rings. The maximum absolute atomic E-state index is 13.8. The minimum absolute atomic E-state index is 0.0401. The van der Waals surface area contributed by atoms with Crippen LogP contribution in [0.3, 0.4) is 0 Å². The SMILES string of the molecule is Cc1cc(-c2cc[n+]([O-])cc2)cc(C)c1C(=O)N1CCC(C)(N2CCC(N(Cc3ccccc3)c3ccc(C(F)(F)F)nc3)CC2)CC1. The summed E-state index contributed by atoms with van der Waals surface area (Å²) < 4.78 is 40.5. The average molecular weight is 658 g/mol. The van der Waals surface area contributed by atoms with Crippen molar-refractivity contribution < 1.29 is 22.7 Å². The van der Waals surface area contributed by atoms with Gasteiger partial charge in [0, 0.05) is 62.0 Å². The van der Waals surface area contributed by atoms with Crippen molar-refractivity contribution in [2.75, 3.05) is 31.1 Å². The molecule has 48 heavy (non-hydrogen) atoms. The number of aromatic nitrogens is 2. The van der Waals surface area contributed by atoms with E-state index < -0.39 is 11.9 Å². The molecule has 7 nitrogen and oxygen atoms in total. The van der Waals surface area contributed by atoms with E-state index in [1.165, 1.54) is 18.6 Å². The van der Waals surface area contributed by atoms with Crippen LogP contribution in [0, 0.1) is 19.1 Å². The number of aryl methyl sites for hydroxylation is 2. The molecule has 2 aromatic carbocycles. The minimum Gasteiger partial charge on any atom is -0.619 e. The van der Waals surface area contributed by atoms with E-state index in [4.69, 9.17) is 0 Å². The minimum atomic E-state index is -4.47. The summed E-state index contributed by atoms with van der Waals surface area (Å²) in [6.45, 7) is 9.94. The van der Waals surface area contributed by atoms with Crippen LogP contribution in [-0.2, 0) is 12.7 Å². The Hall–Kier alpha value is -4.44. The van der Waals surface area contributed by atoms with Crippen molar-refractivity contribution in [3.63, 3.8) is 0 Å². The Morgan fingerprint density at radius 2 is 1.56 bits per heavy atom. The van der Waals surface area contributed by atoms with E-state index in [1.807, 2.05) is 61.2 Å². The molecule has 0 radical (unpaired) electrons. The summed E-state index contributed by atoms with van der Waals surface area (Å²) in [4.78, 5) is 24.3. The third-order valence-corrected chi connectivity index (χ3v) is 10.2. The van der Waals surface area contributed by atoms with Crippen molar-refractivity contribution in [1.82, 2.24) is 14.8 Å². The van der Waals surface area contributed by atoms with Crippen LogP contribution in [-0.4, -0.2) is 58.5 Å². The average Bonchev–Trinajstić information content (AvgIpc) is 3.08. The fourth-order valence-corrected chi connectivity index (χ4v) is 7.39. The molecule has 0 N–H and O–H groups in total. The highest BCUT2D eigenvalue weighted by Crippen LogP contribution is 2.36. The zero-order valence-electron chi connectivity index (χ0n) is 27.7. The molecule has 4 heterocycles. The summed E-state index contributed by atoms with van der Waals surface area (Å²) in [7, 11) is 0. The van der Waals surface area contributed by atoms with E-state index >= 15 is 0 Å². The maximum Gasteiger partial charge on any atom is 0.433 e. The summed E-state index contributed by atoms with van der Waals surface area (Å²) >= 11 is 0. The molecule has 10 heteroatoms. The summed E-state index contributed by atoms with van der Waals surface area (Å²) in [6.07, 6.45) is 3.34. The highest BCUT2D eigenvalue weighted by Gasteiger charge is 2.40. The zero-order chi connectivity index (χ0) is 34.1. The summed E-state index contributed by atoms with van der Waals surface area (Å²) in [5.74, 6) is 0.0597. The lowest BCUT2D eigenvalue weighted by Crippen LogP contribution is -2.58. The monoisotopic (exact) mass is 657 g/mol. The number of hydrogen-bond donors (Lipinski definition) is 0. The molecule has 0 bridgehead atoms. The van der Waals surface area contributed by atoms with E-state index in [0.717, 1.165) is 83.0 Å². The molecule has 0 saturated carbocycles. The number of nitrogens with zero attached hydrogens (tertiary/aromatic N) is 5. The van der Waals surface area contributed by atoms with Gasteiger partial charge in [-0.15, -0.1) is 0 Å². The molecule has 6 rings (SSSR count). The number of carbonyl (C=O) groups is 1. The van der Waals surface area contributed by atoms with Gasteiger partial charge in [0.2, 0.25) is 0 Å². The van der Waals surface area contributed by atoms with Crippen molar-refractivity contribution >= 4 is 11.6 Å². The third kappa shape index (κ3) is 7.18. The highest BCUT2D eigenvalue weighted by molar-refractivity contribution is 5.98. The summed E-state index contributed by atoms with van der Waals surface area (Å²) in [6, 6.07) is 20.4. The third-order valence-electron chi connectivity index (χ3n) is 10.2. The Kier molecular flexibility index (Phi) is 9.47. The second-order valence-corrected chi connectivity index (χ2v) is 13.5. The number of carbonyl (C=O) groups excluding carboxylic acids is 1. The van der Waals surface area contributed by atoms with Crippen molar-refractivity contribution in [3.05, 3.63) is 118 Å². The largest absolute Gasteiger partial charge is 0.619 e. The highest BCUT2D eigenvalue weighted by atomic mass is 19.4. The fourth-order valence-electron chi connectivity index (χ4n) is 7.39. The molecular weight excluding hydrogens is 615 g/mol. The lowest BCUT2D eigenvalue weighted by atomic mass is 9.84. The Morgan fingerprint density at radius 3 is 2.12 bits per heavy atom. The lowest BCUT2D eigenvalue weighted by Gasteiger charge is -2.50. The Bertz CT molecular complexity index is 1690. The van der Waals surface area contributed by atoms with Gasteiger partial charge in [-0.25, -0.2) is 4.98 Å². The zero-order valence-corrected chi connectivity index (χ0v) is 27.7. The molecule has 0 unspecified atom stereocenters. The predicted molar refractivity (Wildman–Crippen MR) is 180 cm³/mol. The van der Waals surface area contributed by atoms with Gasteiger partial charge in [-0.2, -0.15) is 17.9 Å². The number of pyridine rings is 2. The predicted octanol–water partition coefficient (Wildman–Crippen LogP) is 7.18. The first-order valence-corrected chi connectivity index (χ1v) is 16.6. The van der Waals surface area contributed by atoms with Gasteiger partial charge in [0.1, 0.15) is 5.69 Å². The molecule has 252 valence electrons. The summed E-state index contributed by atoms with van der Waals surface area (Å²) in [5.41, 5.74) is 5.38. The second-order valence-electron chi connectivity index (χ2n) is 13.5. The van der Waals surface area contributed by atoms with Crippen molar-refractivity contribution in [2.24, 2.45) is 0 Å². The Labute approximate surface area is 280 Å². The quantitative estimate of drug-likeness (QED) is 0.156. The van der Waals surface area contributed by atoms with Crippen LogP contribution < -0.4 is 9.63 Å². The van der Waals surface area contributed by atoms with Gasteiger partial charge in [-0.1, -0.05) is 42.5 Å². The van der Waals surface area contributed by atoms with E-state index in [1.54, 1.807) is 18.2 Å². The van der Waals surface area contributed by atoms with E-state index in [2.05, 4.69) is 21.7 Å². The van der Waals surface area contributed by atoms with Gasteiger partial charge >= 0.3 is 6.18 Å². The van der Waals surface area contributed by atoms with Gasteiger partial charge in [0.05, 0.1) is 11.9 Å². The Morgan fingerprint density at radius 1 is 0.938 bits per heavy atom. The number of halogens is 3. The van der Waals surface area contributed by atoms with Gasteiger partial charge in [0.25, 0.3) is 5.91 Å². The topological polar surface area (TPSA) is 66.6 Å². The second kappa shape index (κ2) is 13.6. The van der Waals surface area contributed by atoms with Gasteiger partial charge in [-0.3, -0.25) is 9.69 Å². The van der Waals surface area contributed by atoms with Gasteiger partial charge in [0.15, 0.2) is 12.4 Å². The Balaban J connectivity index is 1.10. The first kappa shape index (κ1) is 33.5. The number of hydrogen-bond acceptors (Lipinski definition) is 5. The summed E-state index contributed by atoms with van der Waals surface area (Å²) in [5, 5.41) is 11.5. The molecule has 4 aromatic rings. The van der Waals surface area contributed by atoms with Crippen LogP contribution in [0.2, 0.25) is 0 Å². The van der Waals surface area contributed by atoms with E-state index in [9.17, 15) is 23.2 Å². The normalized spacial score (nSPS) is 17.3. The van der Waals surface area contributed by atoms with E-state index in [-0.39, 0.29) is 17.5 Å². The van der Waals surface area contributed by atoms with Crippen LogP contribution in [0.15, 0.2) is 85.3 Å². The first-order valence-electron chi connectivity index (χ1n) is 16.6. The number of likely N-dealkylation sites (tertiary alicyclic amines) is 2. The number of anilines is 1. The molecule has 1 amide bonds. The number of benzene rings is 2. The van der Waals surface area contributed by atoms with Crippen LogP contribution in [0.1, 0.15) is 65.3 Å². The molecule has 2 aromatic heterocycles. The van der Waals surface area contributed by atoms with Crippen LogP contribution in [0.25, 0.3) is 11.1 Å². The van der Waals surface area contributed by atoms with Crippen molar-refractivity contribution in [3.8, 4) is 11.1 Å².